The first-order valence-electron chi connectivity index (χ1n) is 7.12. The van der Waals surface area contributed by atoms with Crippen LogP contribution in [0.25, 0.3) is 11.0 Å². The molecule has 110 valence electrons. The fourth-order valence-electron chi connectivity index (χ4n) is 2.84. The smallest absolute Gasteiger partial charge is 0.161 e. The average molecular weight is 290 g/mol. The van der Waals surface area contributed by atoms with E-state index < -0.39 is 11.6 Å². The van der Waals surface area contributed by atoms with Gasteiger partial charge in [0.15, 0.2) is 11.6 Å². The maximum atomic E-state index is 13.5. The van der Waals surface area contributed by atoms with Crippen molar-refractivity contribution in [1.29, 1.82) is 5.26 Å². The molecule has 3 rings (SSSR count). The summed E-state index contributed by atoms with van der Waals surface area (Å²) in [6.07, 6.45) is 2.65. The highest BCUT2D eigenvalue weighted by Crippen LogP contribution is 2.22. The molecular formula is C15H16F2N4. The van der Waals surface area contributed by atoms with E-state index in [2.05, 4.69) is 16.0 Å². The van der Waals surface area contributed by atoms with Gasteiger partial charge in [0.2, 0.25) is 0 Å². The SMILES string of the molecule is N#CCCn1c(CN2CCCC2)nc2cc(F)c(F)cc21. The van der Waals surface area contributed by atoms with Gasteiger partial charge in [0, 0.05) is 18.7 Å². The molecule has 1 aromatic heterocycles. The standard InChI is InChI=1S/C15H16F2N4/c16-11-8-13-14(9-12(11)17)21(7-3-4-18)15(19-13)10-20-5-1-2-6-20/h8-9H,1-3,5-7,10H2. The number of hydrogen-bond acceptors (Lipinski definition) is 3. The number of rotatable bonds is 4. The Morgan fingerprint density at radius 3 is 2.62 bits per heavy atom. The second kappa shape index (κ2) is 5.78. The zero-order valence-electron chi connectivity index (χ0n) is 11.6. The van der Waals surface area contributed by atoms with Crippen molar-refractivity contribution >= 4 is 11.0 Å². The molecule has 0 radical (unpaired) electrons. The molecule has 0 spiro atoms. The van der Waals surface area contributed by atoms with E-state index in [0.29, 0.717) is 30.5 Å². The minimum atomic E-state index is -0.889. The molecular weight excluding hydrogens is 274 g/mol. The van der Waals surface area contributed by atoms with E-state index in [9.17, 15) is 8.78 Å². The molecule has 2 aromatic rings. The third kappa shape index (κ3) is 2.74. The monoisotopic (exact) mass is 290 g/mol. The van der Waals surface area contributed by atoms with Crippen molar-refractivity contribution < 1.29 is 8.78 Å². The molecule has 0 saturated carbocycles. The fraction of sp³-hybridized carbons (Fsp3) is 0.467. The molecule has 0 atom stereocenters. The van der Waals surface area contributed by atoms with Crippen LogP contribution in [0.1, 0.15) is 25.1 Å². The third-order valence-corrected chi connectivity index (χ3v) is 3.88. The predicted molar refractivity (Wildman–Crippen MR) is 74.4 cm³/mol. The second-order valence-electron chi connectivity index (χ2n) is 5.33. The Kier molecular flexibility index (Phi) is 3.84. The molecule has 0 unspecified atom stereocenters. The van der Waals surface area contributed by atoms with Gasteiger partial charge < -0.3 is 4.57 Å². The van der Waals surface area contributed by atoms with Gasteiger partial charge in [-0.25, -0.2) is 13.8 Å². The van der Waals surface area contributed by atoms with E-state index in [4.69, 9.17) is 5.26 Å². The van der Waals surface area contributed by atoms with Crippen LogP contribution in [0, 0.1) is 23.0 Å². The van der Waals surface area contributed by atoms with Gasteiger partial charge in [-0.3, -0.25) is 4.90 Å². The molecule has 0 aliphatic carbocycles. The van der Waals surface area contributed by atoms with Crippen molar-refractivity contribution in [3.05, 3.63) is 29.6 Å². The number of halogens is 2. The van der Waals surface area contributed by atoms with Crippen LogP contribution in [-0.4, -0.2) is 27.5 Å². The molecule has 4 nitrogen and oxygen atoms in total. The van der Waals surface area contributed by atoms with Crippen LogP contribution in [-0.2, 0) is 13.1 Å². The lowest BCUT2D eigenvalue weighted by Crippen LogP contribution is -2.21. The highest BCUT2D eigenvalue weighted by Gasteiger charge is 2.18. The Bertz CT molecular complexity index is 696. The van der Waals surface area contributed by atoms with Crippen molar-refractivity contribution in [3.8, 4) is 6.07 Å². The number of imidazole rings is 1. The molecule has 1 saturated heterocycles. The van der Waals surface area contributed by atoms with E-state index in [-0.39, 0.29) is 0 Å². The van der Waals surface area contributed by atoms with Crippen LogP contribution < -0.4 is 0 Å². The van der Waals surface area contributed by atoms with Gasteiger partial charge in [0.1, 0.15) is 5.82 Å². The van der Waals surface area contributed by atoms with Gasteiger partial charge >= 0.3 is 0 Å². The Labute approximate surface area is 121 Å². The van der Waals surface area contributed by atoms with E-state index in [1.807, 2.05) is 4.57 Å². The number of aromatic nitrogens is 2. The lowest BCUT2D eigenvalue weighted by Gasteiger charge is -2.15. The molecule has 1 aliphatic heterocycles. The maximum Gasteiger partial charge on any atom is 0.161 e. The third-order valence-electron chi connectivity index (χ3n) is 3.88. The first kappa shape index (κ1) is 14.0. The van der Waals surface area contributed by atoms with Crippen molar-refractivity contribution in [2.24, 2.45) is 0 Å². The van der Waals surface area contributed by atoms with Crippen LogP contribution >= 0.6 is 0 Å². The quantitative estimate of drug-likeness (QED) is 0.869. The number of nitriles is 1. The summed E-state index contributed by atoms with van der Waals surface area (Å²) < 4.78 is 28.7. The summed E-state index contributed by atoms with van der Waals surface area (Å²) in [5, 5.41) is 8.78. The summed E-state index contributed by atoms with van der Waals surface area (Å²) in [5.74, 6) is -0.999. The van der Waals surface area contributed by atoms with E-state index in [0.717, 1.165) is 25.0 Å². The summed E-state index contributed by atoms with van der Waals surface area (Å²) in [7, 11) is 0. The zero-order chi connectivity index (χ0) is 14.8. The molecule has 6 heteroatoms. The summed E-state index contributed by atoms with van der Waals surface area (Å²) in [6.45, 7) is 3.14. The minimum Gasteiger partial charge on any atom is -0.326 e. The molecule has 1 aromatic carbocycles. The van der Waals surface area contributed by atoms with Gasteiger partial charge in [0.05, 0.1) is 30.1 Å². The zero-order valence-corrected chi connectivity index (χ0v) is 11.6. The minimum absolute atomic E-state index is 0.317. The first-order valence-corrected chi connectivity index (χ1v) is 7.12. The largest absolute Gasteiger partial charge is 0.326 e. The van der Waals surface area contributed by atoms with E-state index >= 15 is 0 Å². The van der Waals surface area contributed by atoms with Crippen LogP contribution in [0.2, 0.25) is 0 Å². The Hall–Kier alpha value is -2.00. The maximum absolute atomic E-state index is 13.5. The topological polar surface area (TPSA) is 44.9 Å². The van der Waals surface area contributed by atoms with E-state index in [1.54, 1.807) is 0 Å². The van der Waals surface area contributed by atoms with Crippen molar-refractivity contribution in [3.63, 3.8) is 0 Å². The Morgan fingerprint density at radius 1 is 1.19 bits per heavy atom. The molecule has 0 amide bonds. The van der Waals surface area contributed by atoms with Crippen molar-refractivity contribution in [1.82, 2.24) is 14.5 Å². The van der Waals surface area contributed by atoms with Crippen LogP contribution in [0.5, 0.6) is 0 Å². The highest BCUT2D eigenvalue weighted by atomic mass is 19.2. The fourth-order valence-corrected chi connectivity index (χ4v) is 2.84. The lowest BCUT2D eigenvalue weighted by molar-refractivity contribution is 0.317. The summed E-state index contributed by atoms with van der Waals surface area (Å²) in [4.78, 5) is 6.71. The number of nitrogens with zero attached hydrogens (tertiary/aromatic N) is 4. The summed E-state index contributed by atoms with van der Waals surface area (Å²) in [5.41, 5.74) is 0.999. The molecule has 2 heterocycles. The summed E-state index contributed by atoms with van der Waals surface area (Å²) in [6, 6.07) is 4.38. The van der Waals surface area contributed by atoms with Crippen molar-refractivity contribution in [2.45, 2.75) is 32.4 Å². The average Bonchev–Trinajstić information content (AvgIpc) is 3.06. The molecule has 0 bridgehead atoms. The van der Waals surface area contributed by atoms with Gasteiger partial charge in [0.25, 0.3) is 0 Å². The number of aryl methyl sites for hydroxylation is 1. The van der Waals surface area contributed by atoms with Gasteiger partial charge in [-0.1, -0.05) is 0 Å². The highest BCUT2D eigenvalue weighted by molar-refractivity contribution is 5.76. The van der Waals surface area contributed by atoms with Crippen LogP contribution in [0.15, 0.2) is 12.1 Å². The van der Waals surface area contributed by atoms with Gasteiger partial charge in [-0.15, -0.1) is 0 Å². The number of hydrogen-bond donors (Lipinski definition) is 0. The number of fused-ring (bicyclic) bond motifs is 1. The first-order chi connectivity index (χ1) is 10.2. The second-order valence-corrected chi connectivity index (χ2v) is 5.33. The molecule has 1 aliphatic rings. The van der Waals surface area contributed by atoms with Crippen molar-refractivity contribution in [2.75, 3.05) is 13.1 Å². The summed E-state index contributed by atoms with van der Waals surface area (Å²) >= 11 is 0. The molecule has 1 fully saturated rings. The van der Waals surface area contributed by atoms with Gasteiger partial charge in [-0.05, 0) is 25.9 Å². The van der Waals surface area contributed by atoms with Crippen LogP contribution in [0.3, 0.4) is 0 Å². The molecule has 0 N–H and O–H groups in total. The normalized spacial score (nSPS) is 15.7. The molecule has 21 heavy (non-hydrogen) atoms. The van der Waals surface area contributed by atoms with Crippen LogP contribution in [0.4, 0.5) is 8.78 Å². The van der Waals surface area contributed by atoms with Gasteiger partial charge in [-0.2, -0.15) is 5.26 Å². The predicted octanol–water partition coefficient (Wildman–Crippen LogP) is 2.82. The number of benzene rings is 1. The number of likely N-dealkylation sites (tertiary alicyclic amines) is 1. The Morgan fingerprint density at radius 2 is 1.90 bits per heavy atom. The Balaban J connectivity index is 2.01. The van der Waals surface area contributed by atoms with E-state index in [1.165, 1.54) is 18.9 Å². The lowest BCUT2D eigenvalue weighted by atomic mass is 10.3.